The average molecular weight is 444 g/mol. The number of pyridine rings is 1. The molecule has 156 valence electrons. The van der Waals surface area contributed by atoms with E-state index < -0.39 is 5.91 Å². The molecule has 4 saturated carbocycles. The second-order valence-electron chi connectivity index (χ2n) is 9.16. The van der Waals surface area contributed by atoms with Gasteiger partial charge < -0.3 is 0 Å². The molecule has 5 nitrogen and oxygen atoms in total. The molecule has 1 aromatic heterocycles. The Hall–Kier alpha value is -2.11. The Kier molecular flexibility index (Phi) is 4.98. The van der Waals surface area contributed by atoms with Crippen LogP contribution in [-0.2, 0) is 5.41 Å². The summed E-state index contributed by atoms with van der Waals surface area (Å²) in [5, 5.41) is 0.664. The van der Waals surface area contributed by atoms with Crippen LogP contribution < -0.4 is 10.9 Å². The van der Waals surface area contributed by atoms with Gasteiger partial charge in [0, 0.05) is 27.9 Å². The van der Waals surface area contributed by atoms with E-state index in [0.29, 0.717) is 10.6 Å². The highest BCUT2D eigenvalue weighted by Crippen LogP contribution is 2.60. The minimum absolute atomic E-state index is 0.116. The van der Waals surface area contributed by atoms with Crippen LogP contribution in [0.15, 0.2) is 36.5 Å². The molecule has 2 aromatic rings. The topological polar surface area (TPSA) is 71.1 Å². The third-order valence-electron chi connectivity index (χ3n) is 7.07. The van der Waals surface area contributed by atoms with Crippen molar-refractivity contribution in [2.75, 3.05) is 0 Å². The van der Waals surface area contributed by atoms with Gasteiger partial charge in [0.2, 0.25) is 0 Å². The molecule has 0 atom stereocenters. The smallest absolute Gasteiger partial charge is 0.267 e. The molecule has 2 amide bonds. The summed E-state index contributed by atoms with van der Waals surface area (Å²) in [5.74, 6) is 1.54. The Morgan fingerprint density at radius 1 is 0.900 bits per heavy atom. The van der Waals surface area contributed by atoms with Crippen LogP contribution in [0.4, 0.5) is 0 Å². The molecule has 4 bridgehead atoms. The molecule has 4 aliphatic carbocycles. The number of nitrogens with one attached hydrogen (secondary N) is 2. The predicted molar refractivity (Wildman–Crippen MR) is 115 cm³/mol. The molecule has 1 heterocycles. The van der Waals surface area contributed by atoms with Crippen molar-refractivity contribution >= 4 is 35.0 Å². The zero-order chi connectivity index (χ0) is 20.9. The molecule has 7 heteroatoms. The fourth-order valence-corrected chi connectivity index (χ4v) is 6.71. The van der Waals surface area contributed by atoms with Crippen LogP contribution in [0.25, 0.3) is 0 Å². The van der Waals surface area contributed by atoms with Gasteiger partial charge in [-0.3, -0.25) is 25.4 Å². The molecular formula is C23H23Cl2N3O2. The Bertz CT molecular complexity index is 988. The van der Waals surface area contributed by atoms with Crippen molar-refractivity contribution in [3.63, 3.8) is 0 Å². The van der Waals surface area contributed by atoms with Gasteiger partial charge in [-0.05, 0) is 86.6 Å². The SMILES string of the molecule is O=C(NNC(=O)c1ccc(Cl)cc1Cl)c1ccnc(C23CC4CC(CC(C4)C2)C3)c1. The quantitative estimate of drug-likeness (QED) is 0.660. The fourth-order valence-electron chi connectivity index (χ4n) is 6.21. The lowest BCUT2D eigenvalue weighted by Gasteiger charge is -2.56. The summed E-state index contributed by atoms with van der Waals surface area (Å²) in [6.45, 7) is 0. The number of halogens is 2. The molecule has 0 unspecified atom stereocenters. The van der Waals surface area contributed by atoms with E-state index in [1.807, 2.05) is 6.07 Å². The summed E-state index contributed by atoms with van der Waals surface area (Å²) in [4.78, 5) is 29.7. The van der Waals surface area contributed by atoms with E-state index in [4.69, 9.17) is 23.2 Å². The van der Waals surface area contributed by atoms with Gasteiger partial charge in [0.25, 0.3) is 11.8 Å². The second kappa shape index (κ2) is 7.54. The van der Waals surface area contributed by atoms with E-state index in [9.17, 15) is 9.59 Å². The van der Waals surface area contributed by atoms with Gasteiger partial charge in [-0.1, -0.05) is 23.2 Å². The van der Waals surface area contributed by atoms with Gasteiger partial charge in [-0.2, -0.15) is 0 Å². The highest BCUT2D eigenvalue weighted by atomic mass is 35.5. The van der Waals surface area contributed by atoms with Gasteiger partial charge in [-0.25, -0.2) is 0 Å². The number of carbonyl (C=O) groups is 2. The number of carbonyl (C=O) groups excluding carboxylic acids is 2. The van der Waals surface area contributed by atoms with Crippen LogP contribution in [-0.4, -0.2) is 16.8 Å². The summed E-state index contributed by atoms with van der Waals surface area (Å²) < 4.78 is 0. The van der Waals surface area contributed by atoms with Crippen LogP contribution in [0.1, 0.15) is 64.9 Å². The molecule has 4 fully saturated rings. The first-order chi connectivity index (χ1) is 14.4. The zero-order valence-electron chi connectivity index (χ0n) is 16.5. The van der Waals surface area contributed by atoms with E-state index in [0.717, 1.165) is 23.4 Å². The van der Waals surface area contributed by atoms with Crippen molar-refractivity contribution in [1.29, 1.82) is 0 Å². The van der Waals surface area contributed by atoms with Crippen molar-refractivity contribution < 1.29 is 9.59 Å². The maximum absolute atomic E-state index is 12.7. The van der Waals surface area contributed by atoms with Crippen LogP contribution >= 0.6 is 23.2 Å². The molecule has 6 rings (SSSR count). The largest absolute Gasteiger partial charge is 0.271 e. The van der Waals surface area contributed by atoms with Crippen molar-refractivity contribution in [1.82, 2.24) is 15.8 Å². The maximum Gasteiger partial charge on any atom is 0.271 e. The highest BCUT2D eigenvalue weighted by molar-refractivity contribution is 6.36. The average Bonchev–Trinajstić information content (AvgIpc) is 2.71. The van der Waals surface area contributed by atoms with Crippen LogP contribution in [0.3, 0.4) is 0 Å². The Morgan fingerprint density at radius 3 is 2.17 bits per heavy atom. The standard InChI is InChI=1S/C23H23Cl2N3O2/c24-17-1-2-18(19(25)9-17)22(30)28-27-21(29)16-3-4-26-20(8-16)23-10-13-5-14(11-23)7-15(6-13)12-23/h1-4,8-9,13-15H,5-7,10-12H2,(H,27,29)(H,28,30). The minimum Gasteiger partial charge on any atom is -0.267 e. The first-order valence-electron chi connectivity index (χ1n) is 10.4. The molecule has 1 aromatic carbocycles. The van der Waals surface area contributed by atoms with E-state index in [1.165, 1.54) is 50.7 Å². The van der Waals surface area contributed by atoms with Gasteiger partial charge in [0.15, 0.2) is 0 Å². The summed E-state index contributed by atoms with van der Waals surface area (Å²) in [6, 6.07) is 8.17. The lowest BCUT2D eigenvalue weighted by Crippen LogP contribution is -2.49. The van der Waals surface area contributed by atoms with Crippen molar-refractivity contribution in [3.05, 3.63) is 63.4 Å². The van der Waals surface area contributed by atoms with E-state index in [1.54, 1.807) is 18.3 Å². The number of rotatable bonds is 3. The van der Waals surface area contributed by atoms with Gasteiger partial charge in [-0.15, -0.1) is 0 Å². The summed E-state index contributed by atoms with van der Waals surface area (Å²) in [5.41, 5.74) is 6.79. The van der Waals surface area contributed by atoms with Crippen LogP contribution in [0, 0.1) is 17.8 Å². The molecule has 4 aliphatic rings. The van der Waals surface area contributed by atoms with Gasteiger partial charge >= 0.3 is 0 Å². The second-order valence-corrected chi connectivity index (χ2v) is 10.0. The molecular weight excluding hydrogens is 421 g/mol. The molecule has 30 heavy (non-hydrogen) atoms. The number of hydrazine groups is 1. The lowest BCUT2D eigenvalue weighted by atomic mass is 9.48. The zero-order valence-corrected chi connectivity index (χ0v) is 18.0. The van der Waals surface area contributed by atoms with Crippen molar-refractivity contribution in [2.24, 2.45) is 17.8 Å². The predicted octanol–water partition coefficient (Wildman–Crippen LogP) is 4.93. The Balaban J connectivity index is 1.30. The third-order valence-corrected chi connectivity index (χ3v) is 7.62. The minimum atomic E-state index is -0.500. The highest BCUT2D eigenvalue weighted by Gasteiger charge is 2.52. The van der Waals surface area contributed by atoms with E-state index >= 15 is 0 Å². The number of nitrogens with zero attached hydrogens (tertiary/aromatic N) is 1. The van der Waals surface area contributed by atoms with E-state index in [2.05, 4.69) is 15.8 Å². The molecule has 2 N–H and O–H groups in total. The molecule has 0 saturated heterocycles. The van der Waals surface area contributed by atoms with Gasteiger partial charge in [0.05, 0.1) is 10.6 Å². The molecule has 0 aliphatic heterocycles. The fraction of sp³-hybridized carbons (Fsp3) is 0.435. The van der Waals surface area contributed by atoms with Crippen molar-refractivity contribution in [2.45, 2.75) is 43.9 Å². The lowest BCUT2D eigenvalue weighted by molar-refractivity contribution is -0.00722. The summed E-state index contributed by atoms with van der Waals surface area (Å²) in [7, 11) is 0. The normalized spacial score (nSPS) is 28.9. The summed E-state index contributed by atoms with van der Waals surface area (Å²) >= 11 is 11.9. The van der Waals surface area contributed by atoms with Crippen LogP contribution in [0.2, 0.25) is 10.0 Å². The number of benzene rings is 1. The number of aromatic nitrogens is 1. The third kappa shape index (κ3) is 3.58. The maximum atomic E-state index is 12.7. The number of hydrogen-bond donors (Lipinski definition) is 2. The molecule has 0 radical (unpaired) electrons. The van der Waals surface area contributed by atoms with Gasteiger partial charge in [0.1, 0.15) is 0 Å². The summed E-state index contributed by atoms with van der Waals surface area (Å²) in [6.07, 6.45) is 9.34. The monoisotopic (exact) mass is 443 g/mol. The Morgan fingerprint density at radius 2 is 1.53 bits per heavy atom. The number of amides is 2. The van der Waals surface area contributed by atoms with E-state index in [-0.39, 0.29) is 21.9 Å². The molecule has 0 spiro atoms. The number of hydrogen-bond acceptors (Lipinski definition) is 3. The first-order valence-corrected chi connectivity index (χ1v) is 11.2. The Labute approximate surface area is 185 Å². The first kappa shape index (κ1) is 19.8. The van der Waals surface area contributed by atoms with Crippen molar-refractivity contribution in [3.8, 4) is 0 Å². The van der Waals surface area contributed by atoms with Crippen LogP contribution in [0.5, 0.6) is 0 Å².